The summed E-state index contributed by atoms with van der Waals surface area (Å²) in [4.78, 5) is 26.8. The molecule has 0 saturated heterocycles. The second-order valence-corrected chi connectivity index (χ2v) is 6.18. The molecule has 1 heterocycles. The van der Waals surface area contributed by atoms with Crippen molar-refractivity contribution in [2.24, 2.45) is 5.73 Å². The molecular formula is C14H13N3O4S. The average molecular weight is 319 g/mol. The Labute approximate surface area is 127 Å². The van der Waals surface area contributed by atoms with Crippen LogP contribution in [0.5, 0.6) is 0 Å². The minimum atomic E-state index is -3.97. The van der Waals surface area contributed by atoms with Crippen LogP contribution in [0.25, 0.3) is 0 Å². The van der Waals surface area contributed by atoms with Gasteiger partial charge in [-0.05, 0) is 30.7 Å². The summed E-state index contributed by atoms with van der Waals surface area (Å²) in [6.45, 7) is 1.55. The van der Waals surface area contributed by atoms with Gasteiger partial charge in [0.1, 0.15) is 5.69 Å². The zero-order valence-electron chi connectivity index (χ0n) is 11.6. The molecule has 0 spiro atoms. The molecule has 0 aliphatic carbocycles. The number of carbonyl (C=O) groups excluding carboxylic acids is 2. The lowest BCUT2D eigenvalue weighted by Gasteiger charge is -2.08. The minimum Gasteiger partial charge on any atom is -0.364 e. The van der Waals surface area contributed by atoms with Crippen molar-refractivity contribution in [2.45, 2.75) is 11.8 Å². The molecule has 0 aliphatic heterocycles. The fourth-order valence-electron chi connectivity index (χ4n) is 1.80. The normalized spacial score (nSPS) is 11.0. The monoisotopic (exact) mass is 319 g/mol. The minimum absolute atomic E-state index is 0.0157. The van der Waals surface area contributed by atoms with Crippen molar-refractivity contribution in [3.63, 3.8) is 0 Å². The summed E-state index contributed by atoms with van der Waals surface area (Å²) in [6.07, 6.45) is 1.10. The third-order valence-electron chi connectivity index (χ3n) is 2.85. The second kappa shape index (κ2) is 5.94. The largest absolute Gasteiger partial charge is 0.364 e. The highest BCUT2D eigenvalue weighted by Gasteiger charge is 2.19. The quantitative estimate of drug-likeness (QED) is 0.855. The molecule has 114 valence electrons. The van der Waals surface area contributed by atoms with Crippen molar-refractivity contribution >= 4 is 21.8 Å². The summed E-state index contributed by atoms with van der Waals surface area (Å²) in [6, 6.07) is 8.85. The molecule has 0 unspecified atom stereocenters. The van der Waals surface area contributed by atoms with Crippen LogP contribution in [0.4, 0.5) is 0 Å². The predicted octanol–water partition coefficient (Wildman–Crippen LogP) is 0.608. The number of primary amides is 1. The standard InChI is InChI=1S/C14H13N3O4S/c1-9-7-10(8-16-12(9)13(15)18)14(19)17-22(20,21)11-5-3-2-4-6-11/h2-8H,1H3,(H2,15,18)(H,17,19). The number of nitrogens with two attached hydrogens (primary N) is 1. The SMILES string of the molecule is Cc1cc(C(=O)NS(=O)(=O)c2ccccc2)cnc1C(N)=O. The van der Waals surface area contributed by atoms with Crippen LogP contribution in [0.15, 0.2) is 47.5 Å². The summed E-state index contributed by atoms with van der Waals surface area (Å²) >= 11 is 0. The van der Waals surface area contributed by atoms with Crippen molar-refractivity contribution in [2.75, 3.05) is 0 Å². The molecule has 1 aromatic heterocycles. The average Bonchev–Trinajstić information content (AvgIpc) is 2.47. The number of carbonyl (C=O) groups is 2. The molecule has 0 aliphatic rings. The van der Waals surface area contributed by atoms with Crippen LogP contribution in [0, 0.1) is 6.92 Å². The van der Waals surface area contributed by atoms with Gasteiger partial charge in [-0.15, -0.1) is 0 Å². The Bertz CT molecular complexity index is 832. The van der Waals surface area contributed by atoms with E-state index in [1.807, 2.05) is 4.72 Å². The molecule has 22 heavy (non-hydrogen) atoms. The number of benzene rings is 1. The Balaban J connectivity index is 2.26. The summed E-state index contributed by atoms with van der Waals surface area (Å²) in [5.74, 6) is -1.56. The molecule has 0 saturated carbocycles. The molecule has 7 nitrogen and oxygen atoms in total. The summed E-state index contributed by atoms with van der Waals surface area (Å²) in [5.41, 5.74) is 5.55. The molecule has 0 fully saturated rings. The zero-order chi connectivity index (χ0) is 16.3. The van der Waals surface area contributed by atoms with E-state index in [-0.39, 0.29) is 16.2 Å². The van der Waals surface area contributed by atoms with E-state index in [4.69, 9.17) is 5.73 Å². The van der Waals surface area contributed by atoms with Gasteiger partial charge in [-0.3, -0.25) is 9.59 Å². The molecule has 0 bridgehead atoms. The van der Waals surface area contributed by atoms with Crippen molar-refractivity contribution in [1.82, 2.24) is 9.71 Å². The molecule has 1 aromatic carbocycles. The van der Waals surface area contributed by atoms with Crippen LogP contribution in [0.1, 0.15) is 26.4 Å². The fourth-order valence-corrected chi connectivity index (χ4v) is 2.79. The number of nitrogens with one attached hydrogen (secondary N) is 1. The van der Waals surface area contributed by atoms with E-state index in [9.17, 15) is 18.0 Å². The smallest absolute Gasteiger partial charge is 0.267 e. The third kappa shape index (κ3) is 3.29. The van der Waals surface area contributed by atoms with Crippen molar-refractivity contribution in [1.29, 1.82) is 0 Å². The number of pyridine rings is 1. The van der Waals surface area contributed by atoms with Gasteiger partial charge in [0.25, 0.3) is 21.8 Å². The molecule has 8 heteroatoms. The summed E-state index contributed by atoms with van der Waals surface area (Å²) < 4.78 is 26.0. The number of hydrogen-bond acceptors (Lipinski definition) is 5. The Hall–Kier alpha value is -2.74. The first-order valence-corrected chi connectivity index (χ1v) is 7.68. The maximum absolute atomic E-state index is 12.0. The number of nitrogens with zero attached hydrogens (tertiary/aromatic N) is 1. The highest BCUT2D eigenvalue weighted by atomic mass is 32.2. The Morgan fingerprint density at radius 1 is 1.18 bits per heavy atom. The zero-order valence-corrected chi connectivity index (χ0v) is 12.4. The fraction of sp³-hybridized carbons (Fsp3) is 0.0714. The van der Waals surface area contributed by atoms with Gasteiger partial charge in [0.05, 0.1) is 10.5 Å². The highest BCUT2D eigenvalue weighted by Crippen LogP contribution is 2.11. The number of sulfonamides is 1. The number of aryl methyl sites for hydroxylation is 1. The Kier molecular flexibility index (Phi) is 4.22. The first-order valence-electron chi connectivity index (χ1n) is 6.20. The molecule has 2 aromatic rings. The van der Waals surface area contributed by atoms with Crippen molar-refractivity contribution in [3.8, 4) is 0 Å². The van der Waals surface area contributed by atoms with Crippen LogP contribution >= 0.6 is 0 Å². The van der Waals surface area contributed by atoms with Gasteiger partial charge in [-0.1, -0.05) is 18.2 Å². The molecule has 0 radical (unpaired) electrons. The topological polar surface area (TPSA) is 119 Å². The van der Waals surface area contributed by atoms with Crippen molar-refractivity contribution < 1.29 is 18.0 Å². The van der Waals surface area contributed by atoms with Crippen LogP contribution in [0.2, 0.25) is 0 Å². The summed E-state index contributed by atoms with van der Waals surface area (Å²) in [5, 5.41) is 0. The molecule has 2 rings (SSSR count). The predicted molar refractivity (Wildman–Crippen MR) is 78.6 cm³/mol. The first-order chi connectivity index (χ1) is 10.3. The van der Waals surface area contributed by atoms with E-state index in [1.165, 1.54) is 18.2 Å². The van der Waals surface area contributed by atoms with E-state index in [1.54, 1.807) is 25.1 Å². The van der Waals surface area contributed by atoms with Gasteiger partial charge in [-0.2, -0.15) is 0 Å². The lowest BCUT2D eigenvalue weighted by atomic mass is 10.1. The Morgan fingerprint density at radius 2 is 1.82 bits per heavy atom. The molecular weight excluding hydrogens is 306 g/mol. The molecule has 3 N–H and O–H groups in total. The first kappa shape index (κ1) is 15.6. The molecule has 0 atom stereocenters. The van der Waals surface area contributed by atoms with Crippen LogP contribution in [-0.4, -0.2) is 25.2 Å². The van der Waals surface area contributed by atoms with Crippen LogP contribution in [-0.2, 0) is 10.0 Å². The van der Waals surface area contributed by atoms with Gasteiger partial charge in [0.15, 0.2) is 0 Å². The maximum atomic E-state index is 12.0. The maximum Gasteiger partial charge on any atom is 0.267 e. The van der Waals surface area contributed by atoms with Gasteiger partial charge in [0, 0.05) is 6.20 Å². The van der Waals surface area contributed by atoms with E-state index in [0.29, 0.717) is 5.56 Å². The lowest BCUT2D eigenvalue weighted by Crippen LogP contribution is -2.31. The van der Waals surface area contributed by atoms with Gasteiger partial charge >= 0.3 is 0 Å². The number of rotatable bonds is 4. The number of amides is 2. The van der Waals surface area contributed by atoms with E-state index < -0.39 is 21.8 Å². The van der Waals surface area contributed by atoms with Crippen LogP contribution in [0.3, 0.4) is 0 Å². The lowest BCUT2D eigenvalue weighted by molar-refractivity contribution is 0.0972. The van der Waals surface area contributed by atoms with Crippen LogP contribution < -0.4 is 10.5 Å². The Morgan fingerprint density at radius 3 is 2.36 bits per heavy atom. The van der Waals surface area contributed by atoms with E-state index in [2.05, 4.69) is 4.98 Å². The van der Waals surface area contributed by atoms with Gasteiger partial charge in [-0.25, -0.2) is 18.1 Å². The van der Waals surface area contributed by atoms with Crippen molar-refractivity contribution in [3.05, 3.63) is 59.4 Å². The third-order valence-corrected chi connectivity index (χ3v) is 4.20. The number of hydrogen-bond donors (Lipinski definition) is 2. The summed E-state index contributed by atoms with van der Waals surface area (Å²) in [7, 11) is -3.97. The number of aromatic nitrogens is 1. The highest BCUT2D eigenvalue weighted by molar-refractivity contribution is 7.90. The second-order valence-electron chi connectivity index (χ2n) is 4.50. The molecule has 2 amide bonds. The van der Waals surface area contributed by atoms with E-state index >= 15 is 0 Å². The van der Waals surface area contributed by atoms with Gasteiger partial charge in [0.2, 0.25) is 0 Å². The van der Waals surface area contributed by atoms with E-state index in [0.717, 1.165) is 6.20 Å². The van der Waals surface area contributed by atoms with Gasteiger partial charge < -0.3 is 5.73 Å².